The Balaban J connectivity index is 2.11. The van der Waals surface area contributed by atoms with Gasteiger partial charge in [-0.3, -0.25) is 4.79 Å². The number of amides is 1. The Morgan fingerprint density at radius 3 is 2.83 bits per heavy atom. The van der Waals surface area contributed by atoms with Gasteiger partial charge in [-0.1, -0.05) is 6.42 Å². The van der Waals surface area contributed by atoms with Gasteiger partial charge in [0.1, 0.15) is 0 Å². The number of hydrogen-bond acceptors (Lipinski definition) is 4. The molecule has 5 heteroatoms. The monoisotopic (exact) mass is 258 g/mol. The first-order chi connectivity index (χ1) is 8.63. The van der Waals surface area contributed by atoms with Gasteiger partial charge in [-0.05, 0) is 25.7 Å². The van der Waals surface area contributed by atoms with Gasteiger partial charge in [0, 0.05) is 25.6 Å². The molecule has 1 rings (SSSR count). The van der Waals surface area contributed by atoms with Gasteiger partial charge in [-0.15, -0.1) is 0 Å². The van der Waals surface area contributed by atoms with Crippen molar-refractivity contribution in [3.05, 3.63) is 0 Å². The van der Waals surface area contributed by atoms with Gasteiger partial charge in [-0.2, -0.15) is 0 Å². The summed E-state index contributed by atoms with van der Waals surface area (Å²) in [5, 5.41) is 2.94. The maximum absolute atomic E-state index is 11.8. The number of nitrogens with one attached hydrogen (secondary N) is 1. The molecule has 1 unspecified atom stereocenters. The van der Waals surface area contributed by atoms with Gasteiger partial charge in [-0.25, -0.2) is 0 Å². The molecule has 0 aliphatic heterocycles. The van der Waals surface area contributed by atoms with Crippen LogP contribution in [0.25, 0.3) is 0 Å². The molecule has 18 heavy (non-hydrogen) atoms. The van der Waals surface area contributed by atoms with Crippen LogP contribution in [0, 0.1) is 5.92 Å². The minimum absolute atomic E-state index is 0.0342. The SMILES string of the molecule is COCCOCC(C)NC(=O)C[C@@H]1CCC[C@H]1N. The van der Waals surface area contributed by atoms with E-state index in [1.54, 1.807) is 7.11 Å². The van der Waals surface area contributed by atoms with Crippen LogP contribution in [-0.4, -0.2) is 44.9 Å². The Morgan fingerprint density at radius 1 is 1.44 bits per heavy atom. The normalized spacial score (nSPS) is 25.1. The molecule has 1 aliphatic carbocycles. The number of carbonyl (C=O) groups is 1. The van der Waals surface area contributed by atoms with Crippen LogP contribution in [0.15, 0.2) is 0 Å². The van der Waals surface area contributed by atoms with Crippen molar-refractivity contribution in [2.75, 3.05) is 26.9 Å². The molecule has 0 spiro atoms. The van der Waals surface area contributed by atoms with E-state index in [0.29, 0.717) is 32.2 Å². The molecule has 3 atom stereocenters. The summed E-state index contributed by atoms with van der Waals surface area (Å²) in [4.78, 5) is 11.8. The third-order valence-corrected chi connectivity index (χ3v) is 3.37. The third kappa shape index (κ3) is 5.80. The summed E-state index contributed by atoms with van der Waals surface area (Å²) in [6, 6.07) is 0.232. The first kappa shape index (κ1) is 15.4. The lowest BCUT2D eigenvalue weighted by Crippen LogP contribution is -2.38. The molecule has 0 saturated heterocycles. The van der Waals surface area contributed by atoms with E-state index in [9.17, 15) is 4.79 Å². The topological polar surface area (TPSA) is 73.6 Å². The Bertz CT molecular complexity index is 248. The van der Waals surface area contributed by atoms with Crippen LogP contribution in [0.5, 0.6) is 0 Å². The number of hydrogen-bond donors (Lipinski definition) is 2. The van der Waals surface area contributed by atoms with E-state index < -0.39 is 0 Å². The highest BCUT2D eigenvalue weighted by Gasteiger charge is 2.26. The van der Waals surface area contributed by atoms with Crippen LogP contribution in [0.4, 0.5) is 0 Å². The Hall–Kier alpha value is -0.650. The zero-order valence-corrected chi connectivity index (χ0v) is 11.5. The standard InChI is InChI=1S/C13H26N2O3/c1-10(9-18-7-6-17-2)15-13(16)8-11-4-3-5-12(11)14/h10-12H,3-9,14H2,1-2H3,(H,15,16)/t10?,11-,12+/m0/s1. The Labute approximate surface area is 109 Å². The molecular formula is C13H26N2O3. The van der Waals surface area contributed by atoms with Gasteiger partial charge in [0.05, 0.1) is 19.8 Å². The van der Waals surface area contributed by atoms with Crippen molar-refractivity contribution in [3.63, 3.8) is 0 Å². The first-order valence-corrected chi connectivity index (χ1v) is 6.75. The number of rotatable bonds is 8. The predicted molar refractivity (Wildman–Crippen MR) is 70.2 cm³/mol. The molecule has 1 fully saturated rings. The highest BCUT2D eigenvalue weighted by atomic mass is 16.5. The highest BCUT2D eigenvalue weighted by molar-refractivity contribution is 5.76. The molecule has 1 saturated carbocycles. The van der Waals surface area contributed by atoms with Gasteiger partial charge < -0.3 is 20.5 Å². The van der Waals surface area contributed by atoms with Crippen LogP contribution in [-0.2, 0) is 14.3 Å². The van der Waals surface area contributed by atoms with E-state index in [2.05, 4.69) is 5.32 Å². The predicted octanol–water partition coefficient (Wildman–Crippen LogP) is 0.672. The molecule has 0 bridgehead atoms. The summed E-state index contributed by atoms with van der Waals surface area (Å²) in [6.45, 7) is 3.60. The summed E-state index contributed by atoms with van der Waals surface area (Å²) in [7, 11) is 1.64. The van der Waals surface area contributed by atoms with Crippen molar-refractivity contribution in [3.8, 4) is 0 Å². The molecule has 3 N–H and O–H groups in total. The number of carbonyl (C=O) groups excluding carboxylic acids is 1. The van der Waals surface area contributed by atoms with E-state index >= 15 is 0 Å². The zero-order chi connectivity index (χ0) is 13.4. The van der Waals surface area contributed by atoms with Crippen LogP contribution < -0.4 is 11.1 Å². The number of methoxy groups -OCH3 is 1. The third-order valence-electron chi connectivity index (χ3n) is 3.37. The van der Waals surface area contributed by atoms with E-state index in [4.69, 9.17) is 15.2 Å². The smallest absolute Gasteiger partial charge is 0.220 e. The summed E-state index contributed by atoms with van der Waals surface area (Å²) in [6.07, 6.45) is 3.82. The fourth-order valence-corrected chi connectivity index (χ4v) is 2.33. The summed E-state index contributed by atoms with van der Waals surface area (Å²) >= 11 is 0. The Kier molecular flexibility index (Phi) is 7.23. The van der Waals surface area contributed by atoms with E-state index in [0.717, 1.165) is 19.3 Å². The highest BCUT2D eigenvalue weighted by Crippen LogP contribution is 2.26. The minimum Gasteiger partial charge on any atom is -0.382 e. The second kappa shape index (κ2) is 8.45. The summed E-state index contributed by atoms with van der Waals surface area (Å²) < 4.78 is 10.2. The fraction of sp³-hybridized carbons (Fsp3) is 0.923. The van der Waals surface area contributed by atoms with E-state index in [-0.39, 0.29) is 18.0 Å². The fourth-order valence-electron chi connectivity index (χ4n) is 2.33. The second-order valence-electron chi connectivity index (χ2n) is 5.10. The van der Waals surface area contributed by atoms with Crippen molar-refractivity contribution in [2.45, 2.75) is 44.7 Å². The van der Waals surface area contributed by atoms with E-state index in [1.807, 2.05) is 6.92 Å². The molecule has 0 aromatic carbocycles. The average molecular weight is 258 g/mol. The van der Waals surface area contributed by atoms with Crippen molar-refractivity contribution in [1.82, 2.24) is 5.32 Å². The molecule has 0 aromatic heterocycles. The number of nitrogens with two attached hydrogens (primary N) is 1. The van der Waals surface area contributed by atoms with Gasteiger partial charge in [0.25, 0.3) is 0 Å². The van der Waals surface area contributed by atoms with Gasteiger partial charge >= 0.3 is 0 Å². The molecule has 0 heterocycles. The second-order valence-corrected chi connectivity index (χ2v) is 5.10. The maximum Gasteiger partial charge on any atom is 0.220 e. The Morgan fingerprint density at radius 2 is 2.22 bits per heavy atom. The maximum atomic E-state index is 11.8. The molecule has 0 radical (unpaired) electrons. The molecule has 106 valence electrons. The van der Waals surface area contributed by atoms with Crippen LogP contribution in [0.1, 0.15) is 32.6 Å². The van der Waals surface area contributed by atoms with Crippen molar-refractivity contribution >= 4 is 5.91 Å². The largest absolute Gasteiger partial charge is 0.382 e. The molecule has 5 nitrogen and oxygen atoms in total. The van der Waals surface area contributed by atoms with Crippen molar-refractivity contribution < 1.29 is 14.3 Å². The van der Waals surface area contributed by atoms with E-state index in [1.165, 1.54) is 0 Å². The number of ether oxygens (including phenoxy) is 2. The molecular weight excluding hydrogens is 232 g/mol. The molecule has 1 aliphatic rings. The van der Waals surface area contributed by atoms with Crippen LogP contribution in [0.2, 0.25) is 0 Å². The average Bonchev–Trinajstić information content (AvgIpc) is 2.70. The van der Waals surface area contributed by atoms with Crippen molar-refractivity contribution in [1.29, 1.82) is 0 Å². The first-order valence-electron chi connectivity index (χ1n) is 6.75. The van der Waals surface area contributed by atoms with Gasteiger partial charge in [0.15, 0.2) is 0 Å². The van der Waals surface area contributed by atoms with Crippen molar-refractivity contribution in [2.24, 2.45) is 11.7 Å². The quantitative estimate of drug-likeness (QED) is 0.628. The summed E-state index contributed by atoms with van der Waals surface area (Å²) in [5.74, 6) is 0.437. The minimum atomic E-state index is 0.0342. The lowest BCUT2D eigenvalue weighted by Gasteiger charge is -2.18. The summed E-state index contributed by atoms with van der Waals surface area (Å²) in [5.41, 5.74) is 5.95. The van der Waals surface area contributed by atoms with Gasteiger partial charge in [0.2, 0.25) is 5.91 Å². The zero-order valence-electron chi connectivity index (χ0n) is 11.5. The molecule has 1 amide bonds. The lowest BCUT2D eigenvalue weighted by atomic mass is 10.00. The van der Waals surface area contributed by atoms with Crippen LogP contribution in [0.3, 0.4) is 0 Å². The van der Waals surface area contributed by atoms with Crippen LogP contribution >= 0.6 is 0 Å². The molecule has 0 aromatic rings. The lowest BCUT2D eigenvalue weighted by molar-refractivity contribution is -0.123.